The first kappa shape index (κ1) is 21.3. The molecule has 6 nitrogen and oxygen atoms in total. The summed E-state index contributed by atoms with van der Waals surface area (Å²) in [6.07, 6.45) is 0.448. The van der Waals surface area contributed by atoms with Gasteiger partial charge in [-0.2, -0.15) is 0 Å². The summed E-state index contributed by atoms with van der Waals surface area (Å²) in [7, 11) is -1.54. The van der Waals surface area contributed by atoms with E-state index in [9.17, 15) is 13.2 Å². The molecule has 0 N–H and O–H groups in total. The number of fused-ring (bicyclic) bond motifs is 1. The Balaban J connectivity index is 1.71. The monoisotopic (exact) mass is 438 g/mol. The number of hydrogen-bond donors (Lipinski definition) is 0. The Labute approximate surface area is 182 Å². The molecular formula is C24H26N2O4S. The minimum Gasteiger partial charge on any atom is -0.497 e. The lowest BCUT2D eigenvalue weighted by Crippen LogP contribution is -2.41. The van der Waals surface area contributed by atoms with E-state index in [1.54, 1.807) is 12.0 Å². The molecule has 0 radical (unpaired) electrons. The number of nitrogens with zero attached hydrogens (tertiary/aromatic N) is 2. The highest BCUT2D eigenvalue weighted by Gasteiger charge is 2.35. The first-order valence-corrected chi connectivity index (χ1v) is 12.1. The van der Waals surface area contributed by atoms with E-state index in [0.717, 1.165) is 27.8 Å². The highest BCUT2D eigenvalue weighted by Crippen LogP contribution is 2.26. The van der Waals surface area contributed by atoms with Gasteiger partial charge in [0.1, 0.15) is 5.75 Å². The van der Waals surface area contributed by atoms with Crippen LogP contribution in [-0.4, -0.2) is 48.9 Å². The second-order valence-electron chi connectivity index (χ2n) is 8.16. The van der Waals surface area contributed by atoms with Crippen LogP contribution < -0.4 is 4.74 Å². The molecule has 0 spiro atoms. The zero-order valence-electron chi connectivity index (χ0n) is 18.0. The molecule has 1 saturated heterocycles. The highest BCUT2D eigenvalue weighted by molar-refractivity contribution is 7.91. The number of aryl methyl sites for hydroxylation is 2. The predicted octanol–water partition coefficient (Wildman–Crippen LogP) is 3.69. The summed E-state index contributed by atoms with van der Waals surface area (Å²) in [5, 5.41) is 0.892. The van der Waals surface area contributed by atoms with Gasteiger partial charge in [0.2, 0.25) is 0 Å². The molecule has 1 unspecified atom stereocenters. The van der Waals surface area contributed by atoms with Crippen molar-refractivity contribution in [1.29, 1.82) is 0 Å². The third-order valence-corrected chi connectivity index (χ3v) is 7.57. The SMILES string of the molecule is COc1ccc(CN(C(=O)c2cc3ccc(C)cc3nc2C)C2CCS(=O)(=O)C2)cc1. The van der Waals surface area contributed by atoms with Gasteiger partial charge in [0, 0.05) is 18.0 Å². The lowest BCUT2D eigenvalue weighted by Gasteiger charge is -2.29. The molecule has 1 amide bonds. The van der Waals surface area contributed by atoms with Crippen LogP contribution in [0.4, 0.5) is 0 Å². The Kier molecular flexibility index (Phi) is 5.71. The third kappa shape index (κ3) is 4.56. The van der Waals surface area contributed by atoms with Crippen molar-refractivity contribution in [3.05, 3.63) is 70.9 Å². The Morgan fingerprint density at radius 2 is 1.87 bits per heavy atom. The van der Waals surface area contributed by atoms with Gasteiger partial charge in [0.25, 0.3) is 5.91 Å². The molecule has 3 aromatic rings. The molecule has 1 atom stereocenters. The van der Waals surface area contributed by atoms with Gasteiger partial charge >= 0.3 is 0 Å². The van der Waals surface area contributed by atoms with Crippen molar-refractivity contribution < 1.29 is 17.9 Å². The summed E-state index contributed by atoms with van der Waals surface area (Å²) in [5.41, 5.74) is 4.02. The molecule has 0 aliphatic carbocycles. The lowest BCUT2D eigenvalue weighted by molar-refractivity contribution is 0.0680. The number of carbonyl (C=O) groups is 1. The van der Waals surface area contributed by atoms with E-state index < -0.39 is 9.84 Å². The Bertz CT molecular complexity index is 1240. The van der Waals surface area contributed by atoms with E-state index in [1.165, 1.54) is 0 Å². The number of pyridine rings is 1. The van der Waals surface area contributed by atoms with Gasteiger partial charge in [-0.25, -0.2) is 8.42 Å². The third-order valence-electron chi connectivity index (χ3n) is 5.82. The summed E-state index contributed by atoms with van der Waals surface area (Å²) < 4.78 is 29.5. The van der Waals surface area contributed by atoms with E-state index >= 15 is 0 Å². The normalized spacial score (nSPS) is 17.6. The molecule has 0 bridgehead atoms. The van der Waals surface area contributed by atoms with E-state index in [0.29, 0.717) is 24.2 Å². The second kappa shape index (κ2) is 8.30. The fraction of sp³-hybridized carbons (Fsp3) is 0.333. The number of carbonyl (C=O) groups excluding carboxylic acids is 1. The average Bonchev–Trinajstić information content (AvgIpc) is 3.10. The molecule has 31 heavy (non-hydrogen) atoms. The van der Waals surface area contributed by atoms with E-state index in [-0.39, 0.29) is 23.5 Å². The molecule has 1 aliphatic rings. The Hall–Kier alpha value is -2.93. The summed E-state index contributed by atoms with van der Waals surface area (Å²) >= 11 is 0. The van der Waals surface area contributed by atoms with Gasteiger partial charge in [-0.15, -0.1) is 0 Å². The molecular weight excluding hydrogens is 412 g/mol. The van der Waals surface area contributed by atoms with Crippen LogP contribution in [-0.2, 0) is 16.4 Å². The molecule has 7 heteroatoms. The maximum atomic E-state index is 13.7. The van der Waals surface area contributed by atoms with E-state index in [2.05, 4.69) is 4.98 Å². The molecule has 2 aromatic carbocycles. The van der Waals surface area contributed by atoms with Crippen LogP contribution >= 0.6 is 0 Å². The first-order chi connectivity index (χ1) is 14.8. The van der Waals surface area contributed by atoms with Gasteiger partial charge in [-0.05, 0) is 55.7 Å². The number of benzene rings is 2. The zero-order valence-corrected chi connectivity index (χ0v) is 18.8. The Morgan fingerprint density at radius 1 is 1.13 bits per heavy atom. The van der Waals surface area contributed by atoms with Crippen molar-refractivity contribution in [2.75, 3.05) is 18.6 Å². The summed E-state index contributed by atoms with van der Waals surface area (Å²) in [4.78, 5) is 20.0. The topological polar surface area (TPSA) is 76.6 Å². The second-order valence-corrected chi connectivity index (χ2v) is 10.4. The predicted molar refractivity (Wildman–Crippen MR) is 121 cm³/mol. The van der Waals surface area contributed by atoms with Crippen LogP contribution in [0.5, 0.6) is 5.75 Å². The first-order valence-electron chi connectivity index (χ1n) is 10.3. The van der Waals surface area contributed by atoms with Crippen molar-refractivity contribution in [2.24, 2.45) is 0 Å². The minimum atomic E-state index is -3.14. The van der Waals surface area contributed by atoms with Crippen molar-refractivity contribution >= 4 is 26.6 Å². The summed E-state index contributed by atoms with van der Waals surface area (Å²) in [6, 6.07) is 14.9. The number of aromatic nitrogens is 1. The summed E-state index contributed by atoms with van der Waals surface area (Å²) in [5.74, 6) is 0.646. The van der Waals surface area contributed by atoms with Crippen LogP contribution in [0.15, 0.2) is 48.5 Å². The fourth-order valence-corrected chi connectivity index (χ4v) is 5.79. The molecule has 162 valence electrons. The number of sulfone groups is 1. The van der Waals surface area contributed by atoms with Crippen LogP contribution in [0.3, 0.4) is 0 Å². The largest absolute Gasteiger partial charge is 0.497 e. The maximum Gasteiger partial charge on any atom is 0.256 e. The van der Waals surface area contributed by atoms with E-state index in [4.69, 9.17) is 4.74 Å². The van der Waals surface area contributed by atoms with Gasteiger partial charge in [-0.3, -0.25) is 9.78 Å². The standard InChI is InChI=1S/C24H26N2O4S/c1-16-4-7-19-13-22(17(2)25-23(19)12-16)24(27)26(20-10-11-31(28,29)15-20)14-18-5-8-21(30-3)9-6-18/h4-9,12-13,20H,10-11,14-15H2,1-3H3. The zero-order chi connectivity index (χ0) is 22.2. The molecule has 2 heterocycles. The molecule has 1 aliphatic heterocycles. The van der Waals surface area contributed by atoms with Gasteiger partial charge < -0.3 is 9.64 Å². The van der Waals surface area contributed by atoms with E-state index in [1.807, 2.05) is 62.4 Å². The minimum absolute atomic E-state index is 0.00581. The fourth-order valence-electron chi connectivity index (χ4n) is 4.06. The van der Waals surface area contributed by atoms with Gasteiger partial charge in [-0.1, -0.05) is 24.3 Å². The van der Waals surface area contributed by atoms with Crippen molar-refractivity contribution in [1.82, 2.24) is 9.88 Å². The molecule has 1 aromatic heterocycles. The quantitative estimate of drug-likeness (QED) is 0.607. The summed E-state index contributed by atoms with van der Waals surface area (Å²) in [6.45, 7) is 4.16. The number of methoxy groups -OCH3 is 1. The average molecular weight is 439 g/mol. The number of hydrogen-bond acceptors (Lipinski definition) is 5. The number of rotatable bonds is 5. The highest BCUT2D eigenvalue weighted by atomic mass is 32.2. The van der Waals surface area contributed by atoms with Crippen LogP contribution in [0.1, 0.15) is 33.6 Å². The van der Waals surface area contributed by atoms with Crippen LogP contribution in [0.25, 0.3) is 10.9 Å². The molecule has 1 fully saturated rings. The molecule has 0 saturated carbocycles. The number of amides is 1. The number of ether oxygens (including phenoxy) is 1. The van der Waals surface area contributed by atoms with Gasteiger partial charge in [0.05, 0.1) is 35.4 Å². The van der Waals surface area contributed by atoms with Gasteiger partial charge in [0.15, 0.2) is 9.84 Å². The maximum absolute atomic E-state index is 13.7. The van der Waals surface area contributed by atoms with Crippen molar-refractivity contribution in [2.45, 2.75) is 32.9 Å². The van der Waals surface area contributed by atoms with Crippen molar-refractivity contribution in [3.63, 3.8) is 0 Å². The lowest BCUT2D eigenvalue weighted by atomic mass is 10.0. The van der Waals surface area contributed by atoms with Crippen LogP contribution in [0, 0.1) is 13.8 Å². The Morgan fingerprint density at radius 3 is 2.52 bits per heavy atom. The smallest absolute Gasteiger partial charge is 0.256 e. The molecule has 4 rings (SSSR count). The van der Waals surface area contributed by atoms with Crippen LogP contribution in [0.2, 0.25) is 0 Å². The van der Waals surface area contributed by atoms with Crippen molar-refractivity contribution in [3.8, 4) is 5.75 Å².